The van der Waals surface area contributed by atoms with Crippen molar-refractivity contribution in [3.05, 3.63) is 114 Å². The molecular formula is C28H26O2. The van der Waals surface area contributed by atoms with Gasteiger partial charge in [-0.3, -0.25) is 0 Å². The molecule has 0 aliphatic rings. The lowest BCUT2D eigenvalue weighted by atomic mass is 9.78. The van der Waals surface area contributed by atoms with Crippen LogP contribution in [0.3, 0.4) is 0 Å². The van der Waals surface area contributed by atoms with Crippen molar-refractivity contribution in [2.24, 2.45) is 0 Å². The van der Waals surface area contributed by atoms with Crippen LogP contribution < -0.4 is 4.74 Å². The fourth-order valence-corrected chi connectivity index (χ4v) is 3.58. The van der Waals surface area contributed by atoms with E-state index >= 15 is 0 Å². The Labute approximate surface area is 178 Å². The molecule has 30 heavy (non-hydrogen) atoms. The Kier molecular flexibility index (Phi) is 5.33. The number of hydrogen-bond acceptors (Lipinski definition) is 2. The van der Waals surface area contributed by atoms with Crippen LogP contribution >= 0.6 is 0 Å². The van der Waals surface area contributed by atoms with Gasteiger partial charge in [-0.25, -0.2) is 0 Å². The van der Waals surface area contributed by atoms with E-state index in [-0.39, 0.29) is 11.2 Å². The number of aromatic hydroxyl groups is 1. The number of rotatable bonds is 5. The monoisotopic (exact) mass is 394 g/mol. The first-order chi connectivity index (χ1) is 14.4. The van der Waals surface area contributed by atoms with Gasteiger partial charge in [-0.2, -0.15) is 0 Å². The Morgan fingerprint density at radius 1 is 0.567 bits per heavy atom. The summed E-state index contributed by atoms with van der Waals surface area (Å²) < 4.78 is 6.04. The number of aryl methyl sites for hydroxylation is 1. The van der Waals surface area contributed by atoms with Gasteiger partial charge in [-0.1, -0.05) is 80.1 Å². The maximum atomic E-state index is 9.55. The van der Waals surface area contributed by atoms with Gasteiger partial charge in [0.15, 0.2) is 0 Å². The van der Waals surface area contributed by atoms with Crippen LogP contribution in [0, 0.1) is 6.92 Å². The van der Waals surface area contributed by atoms with Gasteiger partial charge in [0, 0.05) is 5.41 Å². The van der Waals surface area contributed by atoms with Gasteiger partial charge >= 0.3 is 0 Å². The molecule has 0 saturated carbocycles. The van der Waals surface area contributed by atoms with E-state index in [0.717, 1.165) is 17.1 Å². The highest BCUT2D eigenvalue weighted by molar-refractivity contribution is 5.64. The fraction of sp³-hybridized carbons (Fsp3) is 0.143. The van der Waals surface area contributed by atoms with Crippen molar-refractivity contribution in [3.63, 3.8) is 0 Å². The third-order valence-corrected chi connectivity index (χ3v) is 5.64. The van der Waals surface area contributed by atoms with Gasteiger partial charge in [0.25, 0.3) is 0 Å². The average molecular weight is 395 g/mol. The predicted molar refractivity (Wildman–Crippen MR) is 123 cm³/mol. The summed E-state index contributed by atoms with van der Waals surface area (Å²) in [6.45, 7) is 6.45. The van der Waals surface area contributed by atoms with Gasteiger partial charge in [-0.15, -0.1) is 0 Å². The van der Waals surface area contributed by atoms with Crippen LogP contribution in [-0.4, -0.2) is 5.11 Å². The van der Waals surface area contributed by atoms with E-state index in [1.165, 1.54) is 22.3 Å². The third kappa shape index (κ3) is 4.23. The van der Waals surface area contributed by atoms with Crippen molar-refractivity contribution >= 4 is 0 Å². The van der Waals surface area contributed by atoms with Crippen molar-refractivity contribution in [2.75, 3.05) is 0 Å². The maximum Gasteiger partial charge on any atom is 0.127 e. The van der Waals surface area contributed by atoms with Crippen molar-refractivity contribution in [1.29, 1.82) is 0 Å². The minimum Gasteiger partial charge on any atom is -0.508 e. The van der Waals surface area contributed by atoms with Crippen LogP contribution in [0.5, 0.6) is 17.2 Å². The lowest BCUT2D eigenvalue weighted by Gasteiger charge is -2.26. The topological polar surface area (TPSA) is 29.5 Å². The van der Waals surface area contributed by atoms with E-state index in [9.17, 15) is 5.11 Å². The minimum absolute atomic E-state index is 0.165. The molecule has 0 saturated heterocycles. The molecule has 2 heteroatoms. The Bertz CT molecular complexity index is 1110. The second-order valence-corrected chi connectivity index (χ2v) is 8.19. The van der Waals surface area contributed by atoms with Gasteiger partial charge in [0.2, 0.25) is 0 Å². The van der Waals surface area contributed by atoms with E-state index in [4.69, 9.17) is 4.74 Å². The second kappa shape index (κ2) is 8.08. The summed E-state index contributed by atoms with van der Waals surface area (Å²) in [5, 5.41) is 9.55. The summed E-state index contributed by atoms with van der Waals surface area (Å²) in [4.78, 5) is 0. The fourth-order valence-electron chi connectivity index (χ4n) is 3.58. The van der Waals surface area contributed by atoms with Crippen molar-refractivity contribution in [2.45, 2.75) is 26.2 Å². The van der Waals surface area contributed by atoms with Crippen molar-refractivity contribution in [3.8, 4) is 28.4 Å². The van der Waals surface area contributed by atoms with Crippen LogP contribution in [0.15, 0.2) is 97.1 Å². The molecule has 0 unspecified atom stereocenters. The van der Waals surface area contributed by atoms with Crippen LogP contribution in [0.2, 0.25) is 0 Å². The maximum absolute atomic E-state index is 9.55. The second-order valence-electron chi connectivity index (χ2n) is 8.19. The zero-order valence-electron chi connectivity index (χ0n) is 17.6. The molecule has 1 N–H and O–H groups in total. The molecule has 0 aliphatic heterocycles. The Balaban J connectivity index is 1.48. The average Bonchev–Trinajstić information content (AvgIpc) is 2.76. The largest absolute Gasteiger partial charge is 0.508 e. The number of phenols is 1. The Hall–Kier alpha value is -3.52. The van der Waals surface area contributed by atoms with E-state index < -0.39 is 0 Å². The lowest BCUT2D eigenvalue weighted by molar-refractivity contribution is 0.474. The van der Waals surface area contributed by atoms with E-state index in [0.29, 0.717) is 0 Å². The SMILES string of the molecule is Cc1ccc(-c2ccc(Oc3ccc(C(C)(C)c4ccc(O)cc4)cc3)cc2)cc1. The quantitative estimate of drug-likeness (QED) is 0.380. The van der Waals surface area contributed by atoms with E-state index in [1.54, 1.807) is 12.1 Å². The molecule has 0 atom stereocenters. The summed E-state index contributed by atoms with van der Waals surface area (Å²) in [7, 11) is 0. The lowest BCUT2D eigenvalue weighted by Crippen LogP contribution is -2.18. The summed E-state index contributed by atoms with van der Waals surface area (Å²) in [5.41, 5.74) is 5.81. The van der Waals surface area contributed by atoms with Crippen molar-refractivity contribution < 1.29 is 9.84 Å². The van der Waals surface area contributed by atoms with Gasteiger partial charge < -0.3 is 9.84 Å². The standard InChI is InChI=1S/C28H26O2/c1-20-4-6-21(7-5-20)22-8-16-26(17-9-22)30-27-18-12-24(13-19-27)28(2,3)23-10-14-25(29)15-11-23/h4-19,29H,1-3H3. The number of hydrogen-bond donors (Lipinski definition) is 1. The molecule has 4 aromatic carbocycles. The molecule has 4 rings (SSSR count). The smallest absolute Gasteiger partial charge is 0.127 e. The highest BCUT2D eigenvalue weighted by atomic mass is 16.5. The Morgan fingerprint density at radius 2 is 0.967 bits per heavy atom. The van der Waals surface area contributed by atoms with Crippen molar-refractivity contribution in [1.82, 2.24) is 0 Å². The summed E-state index contributed by atoms with van der Waals surface area (Å²) in [6.07, 6.45) is 0. The van der Waals surface area contributed by atoms with E-state index in [2.05, 4.69) is 69.3 Å². The zero-order chi connectivity index (χ0) is 21.1. The molecule has 0 heterocycles. The molecule has 0 fully saturated rings. The molecule has 2 nitrogen and oxygen atoms in total. The number of phenolic OH excluding ortho intramolecular Hbond substituents is 1. The first-order valence-electron chi connectivity index (χ1n) is 10.2. The first-order valence-corrected chi connectivity index (χ1v) is 10.2. The number of benzene rings is 4. The van der Waals surface area contributed by atoms with Gasteiger partial charge in [-0.05, 0) is 65.6 Å². The minimum atomic E-state index is -0.165. The summed E-state index contributed by atoms with van der Waals surface area (Å²) >= 11 is 0. The molecule has 0 radical (unpaired) electrons. The summed E-state index contributed by atoms with van der Waals surface area (Å²) in [6, 6.07) is 32.3. The highest BCUT2D eigenvalue weighted by Crippen LogP contribution is 2.34. The highest BCUT2D eigenvalue weighted by Gasteiger charge is 2.23. The number of ether oxygens (including phenoxy) is 1. The molecule has 4 aromatic rings. The third-order valence-electron chi connectivity index (χ3n) is 5.64. The Morgan fingerprint density at radius 3 is 1.47 bits per heavy atom. The van der Waals surface area contributed by atoms with Crippen LogP contribution in [0.25, 0.3) is 11.1 Å². The predicted octanol–water partition coefficient (Wildman–Crippen LogP) is 7.49. The van der Waals surface area contributed by atoms with Crippen LogP contribution in [-0.2, 0) is 5.41 Å². The molecule has 150 valence electrons. The zero-order valence-corrected chi connectivity index (χ0v) is 17.6. The molecule has 0 spiro atoms. The molecule has 0 aromatic heterocycles. The summed E-state index contributed by atoms with van der Waals surface area (Å²) in [5.74, 6) is 1.91. The van der Waals surface area contributed by atoms with E-state index in [1.807, 2.05) is 36.4 Å². The first kappa shape index (κ1) is 19.8. The van der Waals surface area contributed by atoms with Gasteiger partial charge in [0.05, 0.1) is 0 Å². The van der Waals surface area contributed by atoms with Crippen LogP contribution in [0.4, 0.5) is 0 Å². The molecule has 0 amide bonds. The van der Waals surface area contributed by atoms with Crippen LogP contribution in [0.1, 0.15) is 30.5 Å². The van der Waals surface area contributed by atoms with Gasteiger partial charge in [0.1, 0.15) is 17.2 Å². The molecule has 0 aliphatic carbocycles. The molecule has 0 bridgehead atoms. The normalized spacial score (nSPS) is 11.3. The molecular weight excluding hydrogens is 368 g/mol.